The van der Waals surface area contributed by atoms with Crippen LogP contribution in [0, 0.1) is 0 Å². The molecule has 0 bridgehead atoms. The van der Waals surface area contributed by atoms with Gasteiger partial charge in [0.2, 0.25) is 5.91 Å². The molecule has 2 atom stereocenters. The highest BCUT2D eigenvalue weighted by Gasteiger charge is 2.44. The Balaban J connectivity index is 1.49. The van der Waals surface area contributed by atoms with Crippen LogP contribution in [-0.2, 0) is 16.0 Å². The third kappa shape index (κ3) is 4.28. The summed E-state index contributed by atoms with van der Waals surface area (Å²) in [5.41, 5.74) is 2.93. The molecule has 0 radical (unpaired) electrons. The van der Waals surface area contributed by atoms with Crippen molar-refractivity contribution in [1.82, 2.24) is 9.88 Å². The second-order valence-electron chi connectivity index (χ2n) is 9.13. The molecule has 2 aliphatic heterocycles. The molecule has 1 saturated heterocycles. The number of carboxylic acid groups (broad SMARTS) is 1. The van der Waals surface area contributed by atoms with Crippen molar-refractivity contribution in [2.45, 2.75) is 43.7 Å². The van der Waals surface area contributed by atoms with Gasteiger partial charge >= 0.3 is 5.97 Å². The lowest BCUT2D eigenvalue weighted by Crippen LogP contribution is -2.44. The number of aryl methyl sites for hydroxylation is 1. The first kappa shape index (κ1) is 22.1. The van der Waals surface area contributed by atoms with Crippen LogP contribution in [0.25, 0.3) is 0 Å². The Morgan fingerprint density at radius 1 is 0.912 bits per heavy atom. The third-order valence-electron chi connectivity index (χ3n) is 7.04. The smallest absolute Gasteiger partial charge is 0.326 e. The van der Waals surface area contributed by atoms with Crippen molar-refractivity contribution in [3.63, 3.8) is 0 Å². The first-order chi connectivity index (χ1) is 16.6. The number of fused-ring (bicyclic) bond motifs is 1. The van der Waals surface area contributed by atoms with Crippen LogP contribution in [0.4, 0.5) is 5.82 Å². The lowest BCUT2D eigenvalue weighted by molar-refractivity contribution is -0.148. The summed E-state index contributed by atoms with van der Waals surface area (Å²) in [5, 5.41) is 10.1. The van der Waals surface area contributed by atoms with E-state index in [1.807, 2.05) is 66.7 Å². The number of aromatic nitrogens is 1. The molecule has 0 aliphatic carbocycles. The molecular weight excluding hydrogens is 426 g/mol. The second kappa shape index (κ2) is 9.67. The van der Waals surface area contributed by atoms with Crippen LogP contribution in [0.15, 0.2) is 79.0 Å². The minimum absolute atomic E-state index is 0.0796. The fourth-order valence-corrected chi connectivity index (χ4v) is 5.39. The number of nitrogens with zero attached hydrogens (tertiary/aromatic N) is 3. The van der Waals surface area contributed by atoms with Gasteiger partial charge in [0.25, 0.3) is 0 Å². The topological polar surface area (TPSA) is 73.7 Å². The normalized spacial score (nSPS) is 20.1. The van der Waals surface area contributed by atoms with Gasteiger partial charge < -0.3 is 14.9 Å². The molecule has 1 aromatic heterocycles. The van der Waals surface area contributed by atoms with E-state index in [1.165, 1.54) is 5.56 Å². The minimum Gasteiger partial charge on any atom is -0.480 e. The molecule has 5 rings (SSSR count). The Kier molecular flexibility index (Phi) is 6.30. The van der Waals surface area contributed by atoms with Crippen LogP contribution in [-0.4, -0.2) is 52.0 Å². The molecule has 3 heterocycles. The van der Waals surface area contributed by atoms with Gasteiger partial charge in [0, 0.05) is 25.7 Å². The first-order valence-electron chi connectivity index (χ1n) is 12.0. The van der Waals surface area contributed by atoms with Crippen LogP contribution in [0.3, 0.4) is 0 Å². The molecule has 6 nitrogen and oxygen atoms in total. The standard InChI is InChI=1S/C28H29N3O3/c32-27(25(20-10-3-1-4-11-20)21-12-5-2-6-13-21)31-19-23(18-24(31)28(33)34)30-17-8-7-14-22-15-9-16-29-26(22)30/h1-6,9-13,15-16,23-25H,7-8,14,17-19H2,(H,33,34). The van der Waals surface area contributed by atoms with E-state index in [9.17, 15) is 14.7 Å². The summed E-state index contributed by atoms with van der Waals surface area (Å²) in [7, 11) is 0. The zero-order valence-corrected chi connectivity index (χ0v) is 19.1. The highest BCUT2D eigenvalue weighted by Crippen LogP contribution is 2.34. The zero-order valence-electron chi connectivity index (χ0n) is 19.1. The molecule has 3 aromatic rings. The molecule has 2 aromatic carbocycles. The van der Waals surface area contributed by atoms with Gasteiger partial charge in [-0.2, -0.15) is 0 Å². The second-order valence-corrected chi connectivity index (χ2v) is 9.13. The lowest BCUT2D eigenvalue weighted by atomic mass is 9.90. The third-order valence-corrected chi connectivity index (χ3v) is 7.04. The van der Waals surface area contributed by atoms with Crippen LogP contribution < -0.4 is 4.90 Å². The van der Waals surface area contributed by atoms with E-state index in [2.05, 4.69) is 16.0 Å². The average Bonchev–Trinajstić information content (AvgIpc) is 3.21. The predicted molar refractivity (Wildman–Crippen MR) is 131 cm³/mol. The van der Waals surface area contributed by atoms with Gasteiger partial charge in [-0.25, -0.2) is 9.78 Å². The maximum absolute atomic E-state index is 14.0. The number of amides is 1. The summed E-state index contributed by atoms with van der Waals surface area (Å²) >= 11 is 0. The summed E-state index contributed by atoms with van der Waals surface area (Å²) in [4.78, 5) is 34.8. The highest BCUT2D eigenvalue weighted by atomic mass is 16.4. The molecule has 0 spiro atoms. The van der Waals surface area contributed by atoms with Gasteiger partial charge in [-0.05, 0) is 42.0 Å². The molecular formula is C28H29N3O3. The molecule has 1 fully saturated rings. The van der Waals surface area contributed by atoms with E-state index >= 15 is 0 Å². The summed E-state index contributed by atoms with van der Waals surface area (Å²) in [6.45, 7) is 1.20. The quantitative estimate of drug-likeness (QED) is 0.627. The number of carbonyl (C=O) groups is 2. The fourth-order valence-electron chi connectivity index (χ4n) is 5.39. The summed E-state index contributed by atoms with van der Waals surface area (Å²) < 4.78 is 0. The van der Waals surface area contributed by atoms with E-state index in [1.54, 1.807) is 11.1 Å². The summed E-state index contributed by atoms with van der Waals surface area (Å²) in [5.74, 6) is -0.723. The number of rotatable bonds is 5. The number of pyridine rings is 1. The first-order valence-corrected chi connectivity index (χ1v) is 12.0. The highest BCUT2D eigenvalue weighted by molar-refractivity contribution is 5.91. The van der Waals surface area contributed by atoms with E-state index in [0.717, 1.165) is 42.8 Å². The maximum Gasteiger partial charge on any atom is 0.326 e. The summed E-state index contributed by atoms with van der Waals surface area (Å²) in [6, 6.07) is 22.4. The summed E-state index contributed by atoms with van der Waals surface area (Å²) in [6.07, 6.45) is 5.27. The van der Waals surface area contributed by atoms with Gasteiger partial charge in [-0.15, -0.1) is 0 Å². The Morgan fingerprint density at radius 3 is 2.24 bits per heavy atom. The van der Waals surface area contributed by atoms with E-state index < -0.39 is 17.9 Å². The van der Waals surface area contributed by atoms with Crippen molar-refractivity contribution in [2.24, 2.45) is 0 Å². The Labute approximate surface area is 199 Å². The van der Waals surface area contributed by atoms with Crippen molar-refractivity contribution in [1.29, 1.82) is 0 Å². The molecule has 1 amide bonds. The average molecular weight is 456 g/mol. The zero-order chi connectivity index (χ0) is 23.5. The van der Waals surface area contributed by atoms with Gasteiger partial charge in [-0.3, -0.25) is 4.79 Å². The van der Waals surface area contributed by atoms with Crippen LogP contribution in [0.2, 0.25) is 0 Å². The molecule has 1 N–H and O–H groups in total. The van der Waals surface area contributed by atoms with Crippen LogP contribution in [0.1, 0.15) is 41.9 Å². The Hall–Kier alpha value is -3.67. The van der Waals surface area contributed by atoms with E-state index in [0.29, 0.717) is 13.0 Å². The van der Waals surface area contributed by atoms with E-state index in [4.69, 9.17) is 0 Å². The largest absolute Gasteiger partial charge is 0.480 e. The lowest BCUT2D eigenvalue weighted by Gasteiger charge is -2.31. The van der Waals surface area contributed by atoms with Gasteiger partial charge in [0.15, 0.2) is 0 Å². The van der Waals surface area contributed by atoms with Crippen molar-refractivity contribution in [3.8, 4) is 0 Å². The van der Waals surface area contributed by atoms with E-state index in [-0.39, 0.29) is 11.9 Å². The van der Waals surface area contributed by atoms with Gasteiger partial charge in [0.1, 0.15) is 11.9 Å². The van der Waals surface area contributed by atoms with Crippen LogP contribution >= 0.6 is 0 Å². The number of likely N-dealkylation sites (tertiary alicyclic amines) is 1. The number of hydrogen-bond acceptors (Lipinski definition) is 4. The Morgan fingerprint density at radius 2 is 1.59 bits per heavy atom. The maximum atomic E-state index is 14.0. The molecule has 6 heteroatoms. The van der Waals surface area contributed by atoms with Gasteiger partial charge in [-0.1, -0.05) is 66.7 Å². The number of carbonyl (C=O) groups excluding carboxylic acids is 1. The number of anilines is 1. The number of aliphatic carboxylic acids is 1. The predicted octanol–water partition coefficient (Wildman–Crippen LogP) is 4.11. The SMILES string of the molecule is O=C(O)C1CC(N2CCCCc3cccnc32)CN1C(=O)C(c1ccccc1)c1ccccc1. The Bertz CT molecular complexity index is 1110. The van der Waals surface area contributed by atoms with Crippen molar-refractivity contribution in [3.05, 3.63) is 95.7 Å². The van der Waals surface area contributed by atoms with Crippen molar-refractivity contribution in [2.75, 3.05) is 18.0 Å². The monoisotopic (exact) mass is 455 g/mol. The number of benzene rings is 2. The molecule has 174 valence electrons. The molecule has 2 unspecified atom stereocenters. The minimum atomic E-state index is -0.952. The fraction of sp³-hybridized carbons (Fsp3) is 0.321. The number of carboxylic acids is 1. The van der Waals surface area contributed by atoms with Crippen molar-refractivity contribution < 1.29 is 14.7 Å². The van der Waals surface area contributed by atoms with Crippen molar-refractivity contribution >= 4 is 17.7 Å². The van der Waals surface area contributed by atoms with Crippen LogP contribution in [0.5, 0.6) is 0 Å². The van der Waals surface area contributed by atoms with Gasteiger partial charge in [0.05, 0.1) is 12.0 Å². The molecule has 34 heavy (non-hydrogen) atoms. The molecule has 0 saturated carbocycles. The number of hydrogen-bond donors (Lipinski definition) is 1. The molecule has 2 aliphatic rings.